The predicted octanol–water partition coefficient (Wildman–Crippen LogP) is 5.22. The smallest absolute Gasteiger partial charge is 0.356 e. The van der Waals surface area contributed by atoms with E-state index in [1.807, 2.05) is 26.0 Å². The highest BCUT2D eigenvalue weighted by molar-refractivity contribution is 6.32. The van der Waals surface area contributed by atoms with Crippen LogP contribution in [0.5, 0.6) is 5.75 Å². The monoisotopic (exact) mass is 406 g/mol. The fraction of sp³-hybridized carbons (Fsp3) is 0.300. The molecule has 0 saturated carbocycles. The standard InChI is InChI=1S/C20H20Cl2N2O3/c1-12-9-15(10-13(2)18(12)22)27-8-4-7-24-19(20(25)26-3)16-11-14(21)5-6-17(16)23-24/h5-6,9-11H,4,7-8H2,1-3H3. The van der Waals surface area contributed by atoms with Crippen LogP contribution in [0.15, 0.2) is 30.3 Å². The van der Waals surface area contributed by atoms with Crippen LogP contribution in [0, 0.1) is 13.8 Å². The highest BCUT2D eigenvalue weighted by atomic mass is 35.5. The summed E-state index contributed by atoms with van der Waals surface area (Å²) >= 11 is 12.2. The lowest BCUT2D eigenvalue weighted by Gasteiger charge is -2.11. The van der Waals surface area contributed by atoms with Gasteiger partial charge in [-0.3, -0.25) is 4.68 Å². The van der Waals surface area contributed by atoms with Gasteiger partial charge in [-0.05, 0) is 55.3 Å². The number of hydrogen-bond donors (Lipinski definition) is 0. The number of esters is 1. The molecule has 3 aromatic rings. The number of ether oxygens (including phenoxy) is 2. The molecule has 0 saturated heterocycles. The molecule has 0 aliphatic heterocycles. The number of aryl methyl sites for hydroxylation is 3. The second-order valence-corrected chi connectivity index (χ2v) is 7.11. The average molecular weight is 407 g/mol. The van der Waals surface area contributed by atoms with Crippen molar-refractivity contribution in [2.75, 3.05) is 13.7 Å². The number of nitrogens with zero attached hydrogens (tertiary/aromatic N) is 2. The van der Waals surface area contributed by atoms with Crippen molar-refractivity contribution in [1.82, 2.24) is 9.78 Å². The number of carbonyl (C=O) groups excluding carboxylic acids is 1. The molecule has 1 aromatic heterocycles. The molecule has 0 N–H and O–H groups in total. The van der Waals surface area contributed by atoms with Gasteiger partial charge < -0.3 is 9.47 Å². The van der Waals surface area contributed by atoms with Gasteiger partial charge in [0, 0.05) is 28.4 Å². The van der Waals surface area contributed by atoms with Crippen molar-refractivity contribution in [1.29, 1.82) is 0 Å². The Labute approximate surface area is 167 Å². The van der Waals surface area contributed by atoms with Crippen LogP contribution in [-0.2, 0) is 11.3 Å². The van der Waals surface area contributed by atoms with E-state index in [0.717, 1.165) is 21.9 Å². The minimum Gasteiger partial charge on any atom is -0.494 e. The van der Waals surface area contributed by atoms with Crippen LogP contribution in [0.2, 0.25) is 10.0 Å². The Morgan fingerprint density at radius 3 is 2.52 bits per heavy atom. The summed E-state index contributed by atoms with van der Waals surface area (Å²) < 4.78 is 12.4. The lowest BCUT2D eigenvalue weighted by atomic mass is 10.1. The largest absolute Gasteiger partial charge is 0.494 e. The molecular formula is C20H20Cl2N2O3. The number of rotatable bonds is 6. The van der Waals surface area contributed by atoms with Gasteiger partial charge in [0.15, 0.2) is 5.69 Å². The predicted molar refractivity (Wildman–Crippen MR) is 107 cm³/mol. The maximum Gasteiger partial charge on any atom is 0.356 e. The number of methoxy groups -OCH3 is 1. The molecule has 0 aliphatic rings. The van der Waals surface area contributed by atoms with E-state index in [1.165, 1.54) is 7.11 Å². The van der Waals surface area contributed by atoms with Crippen LogP contribution in [-0.4, -0.2) is 29.5 Å². The molecule has 5 nitrogen and oxygen atoms in total. The lowest BCUT2D eigenvalue weighted by molar-refractivity contribution is 0.0588. The number of carbonyl (C=O) groups is 1. The Kier molecular flexibility index (Phi) is 5.92. The fourth-order valence-corrected chi connectivity index (χ4v) is 3.25. The van der Waals surface area contributed by atoms with Crippen LogP contribution in [0.3, 0.4) is 0 Å². The third-order valence-corrected chi connectivity index (χ3v) is 5.10. The van der Waals surface area contributed by atoms with Crippen LogP contribution in [0.1, 0.15) is 28.0 Å². The minimum atomic E-state index is -0.440. The van der Waals surface area contributed by atoms with Crippen molar-refractivity contribution in [3.8, 4) is 5.75 Å². The van der Waals surface area contributed by atoms with E-state index in [-0.39, 0.29) is 0 Å². The quantitative estimate of drug-likeness (QED) is 0.416. The van der Waals surface area contributed by atoms with Gasteiger partial charge in [-0.15, -0.1) is 0 Å². The van der Waals surface area contributed by atoms with E-state index in [2.05, 4.69) is 5.10 Å². The molecule has 0 bridgehead atoms. The summed E-state index contributed by atoms with van der Waals surface area (Å²) in [6.07, 6.45) is 0.673. The second-order valence-electron chi connectivity index (χ2n) is 6.30. The molecule has 142 valence electrons. The number of benzene rings is 2. The topological polar surface area (TPSA) is 53.3 Å². The molecule has 2 aromatic carbocycles. The van der Waals surface area contributed by atoms with Gasteiger partial charge >= 0.3 is 5.97 Å². The summed E-state index contributed by atoms with van der Waals surface area (Å²) in [6, 6.07) is 9.09. The summed E-state index contributed by atoms with van der Waals surface area (Å²) in [5.74, 6) is 0.338. The number of hydrogen-bond acceptors (Lipinski definition) is 4. The first-order valence-corrected chi connectivity index (χ1v) is 9.30. The van der Waals surface area contributed by atoms with Crippen molar-refractivity contribution < 1.29 is 14.3 Å². The average Bonchev–Trinajstić information content (AvgIpc) is 3.00. The van der Waals surface area contributed by atoms with E-state index in [1.54, 1.807) is 22.9 Å². The van der Waals surface area contributed by atoms with E-state index in [4.69, 9.17) is 32.7 Å². The van der Waals surface area contributed by atoms with Crippen molar-refractivity contribution in [2.45, 2.75) is 26.8 Å². The summed E-state index contributed by atoms with van der Waals surface area (Å²) in [7, 11) is 1.35. The second kappa shape index (κ2) is 8.19. The molecule has 0 unspecified atom stereocenters. The number of halogens is 2. The van der Waals surface area contributed by atoms with Crippen molar-refractivity contribution >= 4 is 40.1 Å². The third kappa shape index (κ3) is 4.20. The van der Waals surface area contributed by atoms with E-state index < -0.39 is 5.97 Å². The molecule has 0 radical (unpaired) electrons. The molecule has 1 heterocycles. The molecule has 0 amide bonds. The normalized spacial score (nSPS) is 11.0. The Hall–Kier alpha value is -2.24. The first-order valence-electron chi connectivity index (χ1n) is 8.54. The maximum atomic E-state index is 12.2. The molecule has 0 atom stereocenters. The summed E-state index contributed by atoms with van der Waals surface area (Å²) in [5, 5.41) is 6.47. The van der Waals surface area contributed by atoms with Crippen molar-refractivity contribution in [2.24, 2.45) is 0 Å². The molecule has 0 aliphatic carbocycles. The Balaban J connectivity index is 1.72. The summed E-state index contributed by atoms with van der Waals surface area (Å²) in [5.41, 5.74) is 3.06. The lowest BCUT2D eigenvalue weighted by Crippen LogP contribution is -2.14. The van der Waals surface area contributed by atoms with Crippen LogP contribution >= 0.6 is 23.2 Å². The molecule has 27 heavy (non-hydrogen) atoms. The fourth-order valence-electron chi connectivity index (χ4n) is 2.97. The van der Waals surface area contributed by atoms with Crippen LogP contribution in [0.4, 0.5) is 0 Å². The van der Waals surface area contributed by atoms with Gasteiger partial charge in [0.25, 0.3) is 0 Å². The Morgan fingerprint density at radius 2 is 1.85 bits per heavy atom. The van der Waals surface area contributed by atoms with Gasteiger partial charge in [-0.1, -0.05) is 23.2 Å². The molecule has 0 fully saturated rings. The molecule has 7 heteroatoms. The zero-order chi connectivity index (χ0) is 19.6. The highest BCUT2D eigenvalue weighted by Gasteiger charge is 2.19. The summed E-state index contributed by atoms with van der Waals surface area (Å²) in [4.78, 5) is 12.2. The van der Waals surface area contributed by atoms with E-state index >= 15 is 0 Å². The van der Waals surface area contributed by atoms with Gasteiger partial charge in [0.1, 0.15) is 5.75 Å². The van der Waals surface area contributed by atoms with Crippen LogP contribution < -0.4 is 4.74 Å². The van der Waals surface area contributed by atoms with E-state index in [9.17, 15) is 4.79 Å². The van der Waals surface area contributed by atoms with Crippen molar-refractivity contribution in [3.63, 3.8) is 0 Å². The number of aromatic nitrogens is 2. The van der Waals surface area contributed by atoms with E-state index in [0.29, 0.717) is 41.2 Å². The highest BCUT2D eigenvalue weighted by Crippen LogP contribution is 2.26. The third-order valence-electron chi connectivity index (χ3n) is 4.27. The van der Waals surface area contributed by atoms with Gasteiger partial charge in [0.2, 0.25) is 0 Å². The van der Waals surface area contributed by atoms with Gasteiger partial charge in [-0.2, -0.15) is 5.10 Å². The minimum absolute atomic E-state index is 0.396. The SMILES string of the molecule is COC(=O)c1c2cc(Cl)ccc2nn1CCCOc1cc(C)c(Cl)c(C)c1. The van der Waals surface area contributed by atoms with Crippen LogP contribution in [0.25, 0.3) is 10.9 Å². The molecular weight excluding hydrogens is 387 g/mol. The van der Waals surface area contributed by atoms with Crippen molar-refractivity contribution in [3.05, 3.63) is 57.2 Å². The number of fused-ring (bicyclic) bond motifs is 1. The Morgan fingerprint density at radius 1 is 1.15 bits per heavy atom. The first-order chi connectivity index (χ1) is 12.9. The molecule has 3 rings (SSSR count). The maximum absolute atomic E-state index is 12.2. The zero-order valence-corrected chi connectivity index (χ0v) is 16.9. The van der Waals surface area contributed by atoms with Gasteiger partial charge in [-0.25, -0.2) is 4.79 Å². The Bertz CT molecular complexity index is 975. The summed E-state index contributed by atoms with van der Waals surface area (Å²) in [6.45, 7) is 4.90. The zero-order valence-electron chi connectivity index (χ0n) is 15.4. The first kappa shape index (κ1) is 19.5. The van der Waals surface area contributed by atoms with Gasteiger partial charge in [0.05, 0.1) is 19.2 Å². The molecule has 0 spiro atoms.